The smallest absolute Gasteiger partial charge is 0.0132 e. The first kappa shape index (κ1) is 13.7. The van der Waals surface area contributed by atoms with Crippen molar-refractivity contribution in [3.63, 3.8) is 0 Å². The summed E-state index contributed by atoms with van der Waals surface area (Å²) >= 11 is 0. The summed E-state index contributed by atoms with van der Waals surface area (Å²) in [7, 11) is 2.27. The molecule has 0 radical (unpaired) electrons. The Bertz CT molecular complexity index is 183. The summed E-state index contributed by atoms with van der Waals surface area (Å²) < 4.78 is 0. The van der Waals surface area contributed by atoms with Crippen molar-refractivity contribution in [3.05, 3.63) is 12.7 Å². The molecular weight excluding hydrogens is 196 g/mol. The lowest BCUT2D eigenvalue weighted by molar-refractivity contribution is 0.164. The van der Waals surface area contributed by atoms with Crippen LogP contribution in [0, 0.1) is 5.92 Å². The van der Waals surface area contributed by atoms with Crippen LogP contribution in [0.5, 0.6) is 0 Å². The van der Waals surface area contributed by atoms with Gasteiger partial charge in [0.2, 0.25) is 0 Å². The van der Waals surface area contributed by atoms with Crippen LogP contribution in [0.4, 0.5) is 0 Å². The fourth-order valence-corrected chi connectivity index (χ4v) is 2.64. The van der Waals surface area contributed by atoms with Gasteiger partial charge in [0.05, 0.1) is 0 Å². The molecule has 1 fully saturated rings. The van der Waals surface area contributed by atoms with Crippen molar-refractivity contribution in [3.8, 4) is 0 Å². The zero-order valence-electron chi connectivity index (χ0n) is 11.0. The second kappa shape index (κ2) is 7.86. The Morgan fingerprint density at radius 3 is 2.56 bits per heavy atom. The molecule has 1 aliphatic carbocycles. The molecule has 0 heterocycles. The zero-order valence-corrected chi connectivity index (χ0v) is 11.0. The zero-order chi connectivity index (χ0) is 11.8. The monoisotopic (exact) mass is 224 g/mol. The van der Waals surface area contributed by atoms with Crippen LogP contribution in [-0.2, 0) is 0 Å². The summed E-state index contributed by atoms with van der Waals surface area (Å²) in [4.78, 5) is 2.53. The molecule has 16 heavy (non-hydrogen) atoms. The number of hydrogen-bond acceptors (Lipinski definition) is 2. The second-order valence-corrected chi connectivity index (χ2v) is 5.06. The van der Waals surface area contributed by atoms with Gasteiger partial charge in [-0.15, -0.1) is 6.58 Å². The Labute approximate surface area is 101 Å². The molecule has 0 aromatic carbocycles. The topological polar surface area (TPSA) is 15.3 Å². The lowest BCUT2D eigenvalue weighted by atomic mass is 9.84. The molecule has 0 aromatic rings. The minimum Gasteiger partial charge on any atom is -0.312 e. The molecule has 1 rings (SSSR count). The van der Waals surface area contributed by atoms with Gasteiger partial charge in [-0.2, -0.15) is 0 Å². The molecule has 0 atom stereocenters. The van der Waals surface area contributed by atoms with Crippen molar-refractivity contribution in [1.29, 1.82) is 0 Å². The molecule has 1 N–H and O–H groups in total. The molecule has 2 nitrogen and oxygen atoms in total. The van der Waals surface area contributed by atoms with E-state index in [-0.39, 0.29) is 0 Å². The van der Waals surface area contributed by atoms with E-state index in [1.165, 1.54) is 32.1 Å². The molecule has 0 aliphatic heterocycles. The van der Waals surface area contributed by atoms with Crippen LogP contribution in [0.3, 0.4) is 0 Å². The van der Waals surface area contributed by atoms with E-state index in [0.29, 0.717) is 0 Å². The predicted molar refractivity (Wildman–Crippen MR) is 71.7 cm³/mol. The fourth-order valence-electron chi connectivity index (χ4n) is 2.64. The van der Waals surface area contributed by atoms with Crippen LogP contribution in [0.25, 0.3) is 0 Å². The first-order valence-electron chi connectivity index (χ1n) is 6.79. The van der Waals surface area contributed by atoms with E-state index in [9.17, 15) is 0 Å². The summed E-state index contributed by atoms with van der Waals surface area (Å²) in [5, 5.41) is 3.37. The van der Waals surface area contributed by atoms with Crippen molar-refractivity contribution in [2.45, 2.75) is 45.1 Å². The predicted octanol–water partition coefficient (Wildman–Crippen LogP) is 2.66. The van der Waals surface area contributed by atoms with Crippen LogP contribution in [0.1, 0.15) is 39.0 Å². The largest absolute Gasteiger partial charge is 0.312 e. The van der Waals surface area contributed by atoms with Crippen LogP contribution >= 0.6 is 0 Å². The Morgan fingerprint density at radius 1 is 1.31 bits per heavy atom. The average molecular weight is 224 g/mol. The Balaban J connectivity index is 2.12. The quantitative estimate of drug-likeness (QED) is 0.528. The lowest BCUT2D eigenvalue weighted by Gasteiger charge is -2.34. The van der Waals surface area contributed by atoms with Crippen molar-refractivity contribution < 1.29 is 0 Å². The summed E-state index contributed by atoms with van der Waals surface area (Å²) in [6.07, 6.45) is 8.97. The third-order valence-corrected chi connectivity index (χ3v) is 3.95. The molecule has 0 bridgehead atoms. The number of nitrogens with one attached hydrogen (secondary N) is 1. The van der Waals surface area contributed by atoms with Gasteiger partial charge in [-0.1, -0.05) is 19.4 Å². The summed E-state index contributed by atoms with van der Waals surface area (Å²) in [5.41, 5.74) is 0. The van der Waals surface area contributed by atoms with Crippen LogP contribution < -0.4 is 5.32 Å². The van der Waals surface area contributed by atoms with E-state index >= 15 is 0 Å². The second-order valence-electron chi connectivity index (χ2n) is 5.06. The van der Waals surface area contributed by atoms with Crippen LogP contribution in [0.2, 0.25) is 0 Å². The van der Waals surface area contributed by atoms with Crippen molar-refractivity contribution in [2.24, 2.45) is 5.92 Å². The molecule has 2 heteroatoms. The molecule has 0 aromatic heterocycles. The lowest BCUT2D eigenvalue weighted by Crippen LogP contribution is -2.39. The SMILES string of the molecule is C=CCNCCN(C)C1CCC(CC)CC1. The first-order chi connectivity index (χ1) is 7.77. The van der Waals surface area contributed by atoms with E-state index in [4.69, 9.17) is 0 Å². The first-order valence-corrected chi connectivity index (χ1v) is 6.79. The third kappa shape index (κ3) is 4.67. The number of nitrogens with zero attached hydrogens (tertiary/aromatic N) is 1. The van der Waals surface area contributed by atoms with E-state index in [1.807, 2.05) is 6.08 Å². The van der Waals surface area contributed by atoms with E-state index in [2.05, 4.69) is 30.8 Å². The standard InChI is InChI=1S/C14H28N2/c1-4-10-15-11-12-16(3)14-8-6-13(5-2)7-9-14/h4,13-15H,1,5-12H2,2-3H3. The van der Waals surface area contributed by atoms with Gasteiger partial charge in [0.1, 0.15) is 0 Å². The van der Waals surface area contributed by atoms with Gasteiger partial charge in [0, 0.05) is 25.7 Å². The molecule has 0 amide bonds. The number of rotatable bonds is 7. The van der Waals surface area contributed by atoms with Gasteiger partial charge in [-0.05, 0) is 38.6 Å². The minimum absolute atomic E-state index is 0.827. The average Bonchev–Trinajstić information content (AvgIpc) is 2.34. The van der Waals surface area contributed by atoms with E-state index in [1.54, 1.807) is 0 Å². The summed E-state index contributed by atoms with van der Waals surface area (Å²) in [5.74, 6) is 1.00. The van der Waals surface area contributed by atoms with Gasteiger partial charge in [-0.25, -0.2) is 0 Å². The number of likely N-dealkylation sites (N-methyl/N-ethyl adjacent to an activating group) is 1. The summed E-state index contributed by atoms with van der Waals surface area (Å²) in [6.45, 7) is 9.20. The van der Waals surface area contributed by atoms with Crippen molar-refractivity contribution >= 4 is 0 Å². The van der Waals surface area contributed by atoms with E-state index in [0.717, 1.165) is 31.6 Å². The summed E-state index contributed by atoms with van der Waals surface area (Å²) in [6, 6.07) is 0.827. The molecule has 94 valence electrons. The highest BCUT2D eigenvalue weighted by molar-refractivity contribution is 4.78. The Kier molecular flexibility index (Phi) is 6.74. The Hall–Kier alpha value is -0.340. The highest BCUT2D eigenvalue weighted by Gasteiger charge is 2.22. The maximum atomic E-state index is 3.71. The molecule has 1 aliphatic rings. The molecule has 1 saturated carbocycles. The van der Waals surface area contributed by atoms with Gasteiger partial charge < -0.3 is 10.2 Å². The molecular formula is C14H28N2. The van der Waals surface area contributed by atoms with E-state index < -0.39 is 0 Å². The third-order valence-electron chi connectivity index (χ3n) is 3.95. The van der Waals surface area contributed by atoms with Crippen LogP contribution in [0.15, 0.2) is 12.7 Å². The van der Waals surface area contributed by atoms with Crippen LogP contribution in [-0.4, -0.2) is 37.6 Å². The molecule has 0 saturated heterocycles. The maximum Gasteiger partial charge on any atom is 0.0132 e. The van der Waals surface area contributed by atoms with Gasteiger partial charge in [0.25, 0.3) is 0 Å². The highest BCUT2D eigenvalue weighted by Crippen LogP contribution is 2.28. The van der Waals surface area contributed by atoms with Gasteiger partial charge in [0.15, 0.2) is 0 Å². The Morgan fingerprint density at radius 2 is 2.00 bits per heavy atom. The van der Waals surface area contributed by atoms with Crippen molar-refractivity contribution in [1.82, 2.24) is 10.2 Å². The van der Waals surface area contributed by atoms with Gasteiger partial charge >= 0.3 is 0 Å². The normalized spacial score (nSPS) is 25.9. The maximum absolute atomic E-state index is 3.71. The van der Waals surface area contributed by atoms with Crippen molar-refractivity contribution in [2.75, 3.05) is 26.7 Å². The minimum atomic E-state index is 0.827. The van der Waals surface area contributed by atoms with Gasteiger partial charge in [-0.3, -0.25) is 0 Å². The number of hydrogen-bond donors (Lipinski definition) is 1. The molecule has 0 spiro atoms. The molecule has 0 unspecified atom stereocenters. The highest BCUT2D eigenvalue weighted by atomic mass is 15.1. The fraction of sp³-hybridized carbons (Fsp3) is 0.857.